The van der Waals surface area contributed by atoms with E-state index in [1.54, 1.807) is 0 Å². The van der Waals surface area contributed by atoms with Gasteiger partial charge in [0.15, 0.2) is 0 Å². The van der Waals surface area contributed by atoms with E-state index in [4.69, 9.17) is 0 Å². The average molecular weight is 233 g/mol. The van der Waals surface area contributed by atoms with Crippen LogP contribution in [0.1, 0.15) is 5.56 Å². The zero-order chi connectivity index (χ0) is 12.3. The summed E-state index contributed by atoms with van der Waals surface area (Å²) in [6, 6.07) is 9.19. The lowest BCUT2D eigenvalue weighted by Crippen LogP contribution is -2.36. The van der Waals surface area contributed by atoms with Crippen molar-refractivity contribution in [2.24, 2.45) is 0 Å². The van der Waals surface area contributed by atoms with Crippen LogP contribution in [0.15, 0.2) is 24.3 Å². The van der Waals surface area contributed by atoms with Crippen molar-refractivity contribution in [1.29, 1.82) is 0 Å². The number of para-hydroxylation sites is 1. The molecule has 1 aromatic carbocycles. The van der Waals surface area contributed by atoms with Gasteiger partial charge in [0.2, 0.25) is 0 Å². The highest BCUT2D eigenvalue weighted by Crippen LogP contribution is 2.25. The Morgan fingerprint density at radius 3 is 2.65 bits per heavy atom. The second-order valence-electron chi connectivity index (χ2n) is 5.27. The molecule has 1 aliphatic heterocycles. The second kappa shape index (κ2) is 5.52. The van der Waals surface area contributed by atoms with Crippen molar-refractivity contribution in [3.05, 3.63) is 29.8 Å². The summed E-state index contributed by atoms with van der Waals surface area (Å²) in [5.74, 6) is 0. The predicted molar refractivity (Wildman–Crippen MR) is 73.6 cm³/mol. The minimum Gasteiger partial charge on any atom is -0.380 e. The quantitative estimate of drug-likeness (QED) is 0.832. The Morgan fingerprint density at radius 1 is 1.18 bits per heavy atom. The zero-order valence-corrected chi connectivity index (χ0v) is 11.1. The van der Waals surface area contributed by atoms with Crippen LogP contribution in [0, 0.1) is 0 Å². The molecule has 0 aromatic heterocycles. The molecule has 0 bridgehead atoms. The van der Waals surface area contributed by atoms with E-state index in [1.807, 2.05) is 0 Å². The standard InChI is InChI=1S/C14H23N3/c1-16(2)8-9-17(3)11-13-10-12-6-4-5-7-14(12)15-13/h4-7,13,15H,8-11H2,1-3H3. The van der Waals surface area contributed by atoms with Crippen LogP contribution < -0.4 is 5.32 Å². The number of hydrogen-bond donors (Lipinski definition) is 1. The topological polar surface area (TPSA) is 18.5 Å². The number of rotatable bonds is 5. The number of nitrogens with one attached hydrogen (secondary N) is 1. The van der Waals surface area contributed by atoms with Gasteiger partial charge in [0.1, 0.15) is 0 Å². The summed E-state index contributed by atoms with van der Waals surface area (Å²) in [7, 11) is 6.45. The van der Waals surface area contributed by atoms with Crippen molar-refractivity contribution in [1.82, 2.24) is 9.80 Å². The van der Waals surface area contributed by atoms with Crippen LogP contribution in [0.3, 0.4) is 0 Å². The molecule has 0 amide bonds. The molecular formula is C14H23N3. The van der Waals surface area contributed by atoms with Crippen molar-refractivity contribution in [3.63, 3.8) is 0 Å². The van der Waals surface area contributed by atoms with Crippen LogP contribution in [-0.4, -0.2) is 56.6 Å². The normalized spacial score (nSPS) is 18.5. The highest BCUT2D eigenvalue weighted by molar-refractivity contribution is 5.56. The third kappa shape index (κ3) is 3.45. The molecule has 0 saturated carbocycles. The van der Waals surface area contributed by atoms with Gasteiger partial charge >= 0.3 is 0 Å². The van der Waals surface area contributed by atoms with Crippen LogP contribution >= 0.6 is 0 Å². The summed E-state index contributed by atoms with van der Waals surface area (Å²) in [5, 5.41) is 3.60. The van der Waals surface area contributed by atoms with Gasteiger partial charge in [-0.05, 0) is 39.2 Å². The molecule has 0 spiro atoms. The molecule has 2 rings (SSSR count). The monoisotopic (exact) mass is 233 g/mol. The molecule has 94 valence electrons. The zero-order valence-electron chi connectivity index (χ0n) is 11.1. The van der Waals surface area contributed by atoms with E-state index in [0.717, 1.165) is 26.1 Å². The first kappa shape index (κ1) is 12.4. The fourth-order valence-corrected chi connectivity index (χ4v) is 2.32. The third-order valence-corrected chi connectivity index (χ3v) is 3.30. The van der Waals surface area contributed by atoms with Gasteiger partial charge in [-0.3, -0.25) is 0 Å². The number of hydrogen-bond acceptors (Lipinski definition) is 3. The molecule has 3 nitrogen and oxygen atoms in total. The smallest absolute Gasteiger partial charge is 0.0429 e. The summed E-state index contributed by atoms with van der Waals surface area (Å²) in [6.07, 6.45) is 1.16. The molecule has 1 unspecified atom stereocenters. The van der Waals surface area contributed by atoms with Crippen molar-refractivity contribution in [3.8, 4) is 0 Å². The van der Waals surface area contributed by atoms with Gasteiger partial charge in [0.25, 0.3) is 0 Å². The number of anilines is 1. The Kier molecular flexibility index (Phi) is 4.02. The van der Waals surface area contributed by atoms with Crippen molar-refractivity contribution in [2.75, 3.05) is 46.1 Å². The largest absolute Gasteiger partial charge is 0.380 e. The Bertz CT molecular complexity index is 337. The lowest BCUT2D eigenvalue weighted by atomic mass is 10.1. The molecule has 1 heterocycles. The number of likely N-dealkylation sites (N-methyl/N-ethyl adjacent to an activating group) is 2. The van der Waals surface area contributed by atoms with Gasteiger partial charge < -0.3 is 15.1 Å². The van der Waals surface area contributed by atoms with Crippen LogP contribution in [-0.2, 0) is 6.42 Å². The molecule has 1 aliphatic rings. The van der Waals surface area contributed by atoms with Crippen LogP contribution in [0.2, 0.25) is 0 Å². The molecule has 17 heavy (non-hydrogen) atoms. The van der Waals surface area contributed by atoms with E-state index in [2.05, 4.69) is 60.5 Å². The van der Waals surface area contributed by atoms with Crippen LogP contribution in [0.5, 0.6) is 0 Å². The minimum atomic E-state index is 0.569. The van der Waals surface area contributed by atoms with Gasteiger partial charge in [-0.2, -0.15) is 0 Å². The molecular weight excluding hydrogens is 210 g/mol. The molecule has 0 aliphatic carbocycles. The SMILES string of the molecule is CN(C)CCN(C)CC1Cc2ccccc2N1. The van der Waals surface area contributed by atoms with E-state index in [-0.39, 0.29) is 0 Å². The summed E-state index contributed by atoms with van der Waals surface area (Å²) in [4.78, 5) is 4.64. The number of nitrogens with zero attached hydrogens (tertiary/aromatic N) is 2. The summed E-state index contributed by atoms with van der Waals surface area (Å²) in [5.41, 5.74) is 2.78. The highest BCUT2D eigenvalue weighted by Gasteiger charge is 2.20. The second-order valence-corrected chi connectivity index (χ2v) is 5.27. The minimum absolute atomic E-state index is 0.569. The van der Waals surface area contributed by atoms with Gasteiger partial charge in [-0.1, -0.05) is 18.2 Å². The first-order chi connectivity index (χ1) is 8.15. The summed E-state index contributed by atoms with van der Waals surface area (Å²) >= 11 is 0. The Labute approximate surface area is 104 Å². The Balaban J connectivity index is 1.79. The van der Waals surface area contributed by atoms with Crippen LogP contribution in [0.4, 0.5) is 5.69 Å². The van der Waals surface area contributed by atoms with E-state index >= 15 is 0 Å². The summed E-state index contributed by atoms with van der Waals surface area (Å²) < 4.78 is 0. The first-order valence-electron chi connectivity index (χ1n) is 6.33. The lowest BCUT2D eigenvalue weighted by molar-refractivity contribution is 0.274. The molecule has 1 atom stereocenters. The molecule has 1 aromatic rings. The maximum Gasteiger partial charge on any atom is 0.0429 e. The van der Waals surface area contributed by atoms with Gasteiger partial charge in [0.05, 0.1) is 0 Å². The van der Waals surface area contributed by atoms with Crippen molar-refractivity contribution >= 4 is 5.69 Å². The Hall–Kier alpha value is -1.06. The molecule has 0 fully saturated rings. The van der Waals surface area contributed by atoms with Crippen LogP contribution in [0.25, 0.3) is 0 Å². The number of benzene rings is 1. The number of fused-ring (bicyclic) bond motifs is 1. The fraction of sp³-hybridized carbons (Fsp3) is 0.571. The van der Waals surface area contributed by atoms with Gasteiger partial charge in [-0.15, -0.1) is 0 Å². The lowest BCUT2D eigenvalue weighted by Gasteiger charge is -2.23. The molecule has 1 N–H and O–H groups in total. The summed E-state index contributed by atoms with van der Waals surface area (Å²) in [6.45, 7) is 3.36. The Morgan fingerprint density at radius 2 is 1.94 bits per heavy atom. The average Bonchev–Trinajstić information content (AvgIpc) is 2.68. The fourth-order valence-electron chi connectivity index (χ4n) is 2.32. The van der Waals surface area contributed by atoms with Crippen molar-refractivity contribution < 1.29 is 0 Å². The van der Waals surface area contributed by atoms with E-state index in [1.165, 1.54) is 11.3 Å². The highest BCUT2D eigenvalue weighted by atomic mass is 15.2. The maximum absolute atomic E-state index is 3.60. The van der Waals surface area contributed by atoms with E-state index in [0.29, 0.717) is 6.04 Å². The predicted octanol–water partition coefficient (Wildman–Crippen LogP) is 1.52. The van der Waals surface area contributed by atoms with Gasteiger partial charge in [0, 0.05) is 31.4 Å². The van der Waals surface area contributed by atoms with Gasteiger partial charge in [-0.25, -0.2) is 0 Å². The van der Waals surface area contributed by atoms with Crippen molar-refractivity contribution in [2.45, 2.75) is 12.5 Å². The molecule has 0 saturated heterocycles. The molecule has 0 radical (unpaired) electrons. The van der Waals surface area contributed by atoms with E-state index in [9.17, 15) is 0 Å². The van der Waals surface area contributed by atoms with E-state index < -0.39 is 0 Å². The molecule has 3 heteroatoms. The first-order valence-corrected chi connectivity index (χ1v) is 6.33. The third-order valence-electron chi connectivity index (χ3n) is 3.30. The maximum atomic E-state index is 3.60.